The van der Waals surface area contributed by atoms with Crippen LogP contribution >= 0.6 is 0 Å². The highest BCUT2D eigenvalue weighted by atomic mass is 32.2. The zero-order valence-corrected chi connectivity index (χ0v) is 20.3. The van der Waals surface area contributed by atoms with Crippen molar-refractivity contribution >= 4 is 43.6 Å². The molecular weight excluding hydrogens is 470 g/mol. The first-order chi connectivity index (χ1) is 16.7. The molecule has 2 aromatic carbocycles. The quantitative estimate of drug-likeness (QED) is 0.284. The SMILES string of the molecule is CCN(CC)S(=O)(=O)c1ccc2[nH]c(=O)cc(C(=O)O[C@H](C)C(=O)c3c[nH]c4ccccc34)c2c1. The summed E-state index contributed by atoms with van der Waals surface area (Å²) >= 11 is 0. The van der Waals surface area contributed by atoms with Gasteiger partial charge in [0.1, 0.15) is 0 Å². The van der Waals surface area contributed by atoms with Gasteiger partial charge in [0, 0.05) is 52.7 Å². The molecule has 35 heavy (non-hydrogen) atoms. The number of carbonyl (C=O) groups excluding carboxylic acids is 2. The molecule has 2 N–H and O–H groups in total. The summed E-state index contributed by atoms with van der Waals surface area (Å²) in [6.45, 7) is 5.48. The van der Waals surface area contributed by atoms with Gasteiger partial charge in [0.2, 0.25) is 21.4 Å². The van der Waals surface area contributed by atoms with Crippen molar-refractivity contribution in [2.75, 3.05) is 13.1 Å². The molecule has 0 aliphatic carbocycles. The molecule has 4 rings (SSSR count). The van der Waals surface area contributed by atoms with Crippen molar-refractivity contribution in [1.82, 2.24) is 14.3 Å². The molecule has 182 valence electrons. The maximum atomic E-state index is 13.1. The molecule has 0 radical (unpaired) electrons. The minimum absolute atomic E-state index is 0.0160. The average molecular weight is 496 g/mol. The monoisotopic (exact) mass is 495 g/mol. The number of aromatic amines is 2. The second-order valence-electron chi connectivity index (χ2n) is 8.00. The molecular formula is C25H25N3O6S. The maximum Gasteiger partial charge on any atom is 0.339 e. The highest BCUT2D eigenvalue weighted by Gasteiger charge is 2.26. The summed E-state index contributed by atoms with van der Waals surface area (Å²) in [5.74, 6) is -1.31. The third-order valence-corrected chi connectivity index (χ3v) is 7.93. The summed E-state index contributed by atoms with van der Waals surface area (Å²) in [4.78, 5) is 43.8. The van der Waals surface area contributed by atoms with E-state index in [2.05, 4.69) is 9.97 Å². The Hall–Kier alpha value is -3.76. The fourth-order valence-electron chi connectivity index (χ4n) is 4.05. The van der Waals surface area contributed by atoms with Gasteiger partial charge in [-0.2, -0.15) is 4.31 Å². The highest BCUT2D eigenvalue weighted by Crippen LogP contribution is 2.24. The number of nitrogens with zero attached hydrogens (tertiary/aromatic N) is 1. The Balaban J connectivity index is 1.69. The van der Waals surface area contributed by atoms with Gasteiger partial charge < -0.3 is 14.7 Å². The van der Waals surface area contributed by atoms with Gasteiger partial charge in [-0.1, -0.05) is 32.0 Å². The molecule has 10 heteroatoms. The Kier molecular flexibility index (Phi) is 6.60. The number of H-pyrrole nitrogens is 2. The van der Waals surface area contributed by atoms with Crippen LogP contribution in [0.5, 0.6) is 0 Å². The Morgan fingerprint density at radius 3 is 2.40 bits per heavy atom. The Bertz CT molecular complexity index is 1600. The lowest BCUT2D eigenvalue weighted by Gasteiger charge is -2.19. The van der Waals surface area contributed by atoms with Crippen molar-refractivity contribution in [3.63, 3.8) is 0 Å². The molecule has 4 aromatic rings. The van der Waals surface area contributed by atoms with Crippen LogP contribution in [0.3, 0.4) is 0 Å². The summed E-state index contributed by atoms with van der Waals surface area (Å²) in [5.41, 5.74) is 0.748. The summed E-state index contributed by atoms with van der Waals surface area (Å²) in [6, 6.07) is 12.4. The molecule has 0 aliphatic rings. The van der Waals surface area contributed by atoms with Crippen LogP contribution in [0, 0.1) is 0 Å². The molecule has 0 spiro atoms. The number of hydrogen-bond acceptors (Lipinski definition) is 6. The third-order valence-electron chi connectivity index (χ3n) is 5.89. The molecule has 2 heterocycles. The van der Waals surface area contributed by atoms with Crippen molar-refractivity contribution in [3.8, 4) is 0 Å². The van der Waals surface area contributed by atoms with E-state index >= 15 is 0 Å². The number of aromatic nitrogens is 2. The van der Waals surface area contributed by atoms with Gasteiger partial charge in [0.15, 0.2) is 6.10 Å². The maximum absolute atomic E-state index is 13.1. The molecule has 9 nitrogen and oxygen atoms in total. The number of pyridine rings is 1. The molecule has 0 saturated heterocycles. The van der Waals surface area contributed by atoms with Crippen LogP contribution in [0.25, 0.3) is 21.8 Å². The van der Waals surface area contributed by atoms with Crippen molar-refractivity contribution in [2.45, 2.75) is 31.8 Å². The number of hydrogen-bond donors (Lipinski definition) is 2. The highest BCUT2D eigenvalue weighted by molar-refractivity contribution is 7.89. The molecule has 0 unspecified atom stereocenters. The number of ether oxygens (including phenoxy) is 1. The number of fused-ring (bicyclic) bond motifs is 2. The van der Waals surface area contributed by atoms with Crippen LogP contribution in [0.15, 0.2) is 64.4 Å². The molecule has 0 fully saturated rings. The number of para-hydroxylation sites is 1. The number of nitrogens with one attached hydrogen (secondary N) is 2. The molecule has 0 amide bonds. The lowest BCUT2D eigenvalue weighted by molar-refractivity contribution is 0.0321. The Morgan fingerprint density at radius 1 is 0.971 bits per heavy atom. The molecule has 1 atom stereocenters. The number of esters is 1. The van der Waals surface area contributed by atoms with E-state index in [1.807, 2.05) is 12.1 Å². The van der Waals surface area contributed by atoms with Gasteiger partial charge in [-0.25, -0.2) is 13.2 Å². The van der Waals surface area contributed by atoms with E-state index in [1.165, 1.54) is 29.4 Å². The van der Waals surface area contributed by atoms with E-state index in [4.69, 9.17) is 4.74 Å². The predicted molar refractivity (Wildman–Crippen MR) is 132 cm³/mol. The van der Waals surface area contributed by atoms with Crippen molar-refractivity contribution in [1.29, 1.82) is 0 Å². The van der Waals surface area contributed by atoms with E-state index in [-0.39, 0.29) is 34.5 Å². The fraction of sp³-hybridized carbons (Fsp3) is 0.240. The van der Waals surface area contributed by atoms with E-state index in [9.17, 15) is 22.8 Å². The minimum atomic E-state index is -3.80. The first kappa shape index (κ1) is 24.4. The lowest BCUT2D eigenvalue weighted by Crippen LogP contribution is -2.30. The van der Waals surface area contributed by atoms with Crippen molar-refractivity contribution in [2.24, 2.45) is 0 Å². The number of Topliss-reactive ketones (excluding diaryl/α,β-unsaturated/α-hetero) is 1. The standard InChI is InChI=1S/C25H25N3O6S/c1-4-28(5-2)35(32,33)16-10-11-22-18(12-16)19(13-23(29)27-22)25(31)34-15(3)24(30)20-14-26-21-9-7-6-8-17(20)21/h6-15,26H,4-5H2,1-3H3,(H,27,29)/t15-/m1/s1. The Morgan fingerprint density at radius 2 is 1.69 bits per heavy atom. The first-order valence-corrected chi connectivity index (χ1v) is 12.6. The van der Waals surface area contributed by atoms with Crippen LogP contribution in [-0.4, -0.2) is 53.6 Å². The van der Waals surface area contributed by atoms with E-state index in [1.54, 1.807) is 32.2 Å². The number of benzene rings is 2. The van der Waals surface area contributed by atoms with E-state index in [0.717, 1.165) is 11.6 Å². The molecule has 2 aromatic heterocycles. The minimum Gasteiger partial charge on any atom is -0.451 e. The first-order valence-electron chi connectivity index (χ1n) is 11.2. The lowest BCUT2D eigenvalue weighted by atomic mass is 10.1. The summed E-state index contributed by atoms with van der Waals surface area (Å²) < 4.78 is 32.7. The van der Waals surface area contributed by atoms with Gasteiger partial charge in [0.25, 0.3) is 0 Å². The normalized spacial score (nSPS) is 12.8. The zero-order chi connectivity index (χ0) is 25.3. The van der Waals surface area contributed by atoms with Crippen LogP contribution < -0.4 is 5.56 Å². The van der Waals surface area contributed by atoms with Crippen LogP contribution in [0.1, 0.15) is 41.5 Å². The second kappa shape index (κ2) is 9.47. The van der Waals surface area contributed by atoms with Crippen molar-refractivity contribution in [3.05, 3.63) is 76.2 Å². The molecule has 0 bridgehead atoms. The number of rotatable bonds is 8. The molecule has 0 aliphatic heterocycles. The van der Waals surface area contributed by atoms with Gasteiger partial charge in [-0.3, -0.25) is 9.59 Å². The predicted octanol–water partition coefficient (Wildman–Crippen LogP) is 3.47. The number of ketones is 1. The van der Waals surface area contributed by atoms with Crippen LogP contribution in [-0.2, 0) is 14.8 Å². The topological polar surface area (TPSA) is 129 Å². The number of sulfonamides is 1. The van der Waals surface area contributed by atoms with Gasteiger partial charge in [0.05, 0.1) is 10.5 Å². The van der Waals surface area contributed by atoms with E-state index in [0.29, 0.717) is 10.9 Å². The Labute approximate surface area is 201 Å². The van der Waals surface area contributed by atoms with Gasteiger partial charge >= 0.3 is 5.97 Å². The second-order valence-corrected chi connectivity index (χ2v) is 9.94. The summed E-state index contributed by atoms with van der Waals surface area (Å²) in [6.07, 6.45) is 0.420. The zero-order valence-electron chi connectivity index (χ0n) is 19.5. The van der Waals surface area contributed by atoms with Crippen molar-refractivity contribution < 1.29 is 22.7 Å². The fourth-order valence-corrected chi connectivity index (χ4v) is 5.53. The molecule has 0 saturated carbocycles. The average Bonchev–Trinajstić information content (AvgIpc) is 3.27. The third kappa shape index (κ3) is 4.50. The number of carbonyl (C=O) groups is 2. The van der Waals surface area contributed by atoms with Gasteiger partial charge in [-0.15, -0.1) is 0 Å². The smallest absolute Gasteiger partial charge is 0.339 e. The van der Waals surface area contributed by atoms with Crippen LogP contribution in [0.2, 0.25) is 0 Å². The van der Waals surface area contributed by atoms with Gasteiger partial charge in [-0.05, 0) is 31.2 Å². The summed E-state index contributed by atoms with van der Waals surface area (Å²) in [7, 11) is -3.80. The van der Waals surface area contributed by atoms with Crippen LogP contribution in [0.4, 0.5) is 0 Å². The van der Waals surface area contributed by atoms with E-state index < -0.39 is 33.4 Å². The largest absolute Gasteiger partial charge is 0.451 e. The summed E-state index contributed by atoms with van der Waals surface area (Å²) in [5, 5.41) is 0.905.